The van der Waals surface area contributed by atoms with Gasteiger partial charge < -0.3 is 29.0 Å². The highest BCUT2D eigenvalue weighted by Gasteiger charge is 2.53. The number of hydrogen-bond donors (Lipinski definition) is 3. The van der Waals surface area contributed by atoms with Gasteiger partial charge in [-0.25, -0.2) is 15.0 Å². The lowest BCUT2D eigenvalue weighted by atomic mass is 9.96. The van der Waals surface area contributed by atoms with Crippen molar-refractivity contribution in [1.29, 1.82) is 0 Å². The number of halogens is 1. The smallest absolute Gasteiger partial charge is 0.181 e. The molecule has 4 unspecified atom stereocenters. The zero-order chi connectivity index (χ0) is 17.8. The standard InChI is InChI=1S/C15H15ClN4O5/c1-15(23)11(22)9(4-21)25-14(15)20-3-7(8-2-17-6-24-8)10-12(16)18-5-19-13(10)20/h2-3,5-6,9,11,14,21-23H,4H2,1H3. The molecule has 0 aliphatic carbocycles. The molecule has 25 heavy (non-hydrogen) atoms. The molecular formula is C15H15ClN4O5. The van der Waals surface area contributed by atoms with Gasteiger partial charge in [0.05, 0.1) is 18.2 Å². The highest BCUT2D eigenvalue weighted by atomic mass is 35.5. The Morgan fingerprint density at radius 1 is 1.40 bits per heavy atom. The van der Waals surface area contributed by atoms with Crippen molar-refractivity contribution in [2.45, 2.75) is 31.0 Å². The molecule has 10 heteroatoms. The maximum Gasteiger partial charge on any atom is 0.181 e. The lowest BCUT2D eigenvalue weighted by Gasteiger charge is -2.27. The summed E-state index contributed by atoms with van der Waals surface area (Å²) in [6.45, 7) is 0.998. The summed E-state index contributed by atoms with van der Waals surface area (Å²) in [5.41, 5.74) is -0.697. The van der Waals surface area contributed by atoms with Crippen LogP contribution in [-0.4, -0.2) is 59.3 Å². The predicted octanol–water partition coefficient (Wildman–Crippen LogP) is 0.741. The lowest BCUT2D eigenvalue weighted by molar-refractivity contribution is -0.0948. The van der Waals surface area contributed by atoms with Crippen LogP contribution in [0.15, 0.2) is 29.5 Å². The van der Waals surface area contributed by atoms with Crippen molar-refractivity contribution in [3.05, 3.63) is 30.3 Å². The summed E-state index contributed by atoms with van der Waals surface area (Å²) in [6, 6.07) is 0. The van der Waals surface area contributed by atoms with Crippen molar-refractivity contribution in [1.82, 2.24) is 19.5 Å². The van der Waals surface area contributed by atoms with Crippen LogP contribution in [0.4, 0.5) is 0 Å². The van der Waals surface area contributed by atoms with Gasteiger partial charge in [0.1, 0.15) is 34.9 Å². The molecule has 9 nitrogen and oxygen atoms in total. The van der Waals surface area contributed by atoms with Crippen LogP contribution in [0.3, 0.4) is 0 Å². The van der Waals surface area contributed by atoms with Crippen LogP contribution in [0.2, 0.25) is 5.15 Å². The minimum atomic E-state index is -1.66. The monoisotopic (exact) mass is 366 g/mol. The van der Waals surface area contributed by atoms with Crippen molar-refractivity contribution in [2.24, 2.45) is 0 Å². The molecule has 0 aromatic carbocycles. The van der Waals surface area contributed by atoms with Crippen molar-refractivity contribution >= 4 is 22.6 Å². The number of fused-ring (bicyclic) bond motifs is 1. The Hall–Kier alpha value is -2.04. The average Bonchev–Trinajstić information content (AvgIpc) is 3.27. The van der Waals surface area contributed by atoms with E-state index in [1.807, 2.05) is 0 Å². The first-order valence-corrected chi connectivity index (χ1v) is 7.89. The summed E-state index contributed by atoms with van der Waals surface area (Å²) in [5.74, 6) is 0.442. The zero-order valence-electron chi connectivity index (χ0n) is 13.1. The van der Waals surface area contributed by atoms with Crippen LogP contribution in [0.1, 0.15) is 13.2 Å². The second-order valence-corrected chi connectivity index (χ2v) is 6.42. The number of aliphatic hydroxyl groups excluding tert-OH is 2. The van der Waals surface area contributed by atoms with Crippen LogP contribution >= 0.6 is 11.6 Å². The first-order chi connectivity index (χ1) is 11.9. The van der Waals surface area contributed by atoms with Crippen molar-refractivity contribution in [3.8, 4) is 11.3 Å². The second kappa shape index (κ2) is 5.75. The van der Waals surface area contributed by atoms with Gasteiger partial charge in [0.15, 0.2) is 18.4 Å². The molecule has 132 valence electrons. The summed E-state index contributed by atoms with van der Waals surface area (Å²) in [5, 5.41) is 31.0. The number of aromatic nitrogens is 4. The van der Waals surface area contributed by atoms with Gasteiger partial charge in [0.25, 0.3) is 0 Å². The molecule has 3 aromatic heterocycles. The molecule has 4 rings (SSSR count). The fourth-order valence-corrected chi connectivity index (χ4v) is 3.38. The van der Waals surface area contributed by atoms with E-state index in [1.165, 1.54) is 25.8 Å². The van der Waals surface area contributed by atoms with E-state index in [1.54, 1.807) is 10.8 Å². The van der Waals surface area contributed by atoms with Gasteiger partial charge in [-0.2, -0.15) is 0 Å². The molecule has 4 atom stereocenters. The molecule has 0 amide bonds. The Bertz CT molecular complexity index is 910. The Morgan fingerprint density at radius 2 is 2.20 bits per heavy atom. The second-order valence-electron chi connectivity index (χ2n) is 6.06. The van der Waals surface area contributed by atoms with Gasteiger partial charge in [-0.05, 0) is 6.92 Å². The van der Waals surface area contributed by atoms with E-state index in [9.17, 15) is 15.3 Å². The minimum absolute atomic E-state index is 0.201. The van der Waals surface area contributed by atoms with Crippen LogP contribution < -0.4 is 0 Å². The molecule has 0 saturated carbocycles. The van der Waals surface area contributed by atoms with Crippen molar-refractivity contribution in [3.63, 3.8) is 0 Å². The fraction of sp³-hybridized carbons (Fsp3) is 0.400. The number of hydrogen-bond acceptors (Lipinski definition) is 8. The Morgan fingerprint density at radius 3 is 2.84 bits per heavy atom. The number of ether oxygens (including phenoxy) is 1. The predicted molar refractivity (Wildman–Crippen MR) is 85.7 cm³/mol. The van der Waals surface area contributed by atoms with Gasteiger partial charge in [0, 0.05) is 11.8 Å². The lowest BCUT2D eigenvalue weighted by Crippen LogP contribution is -2.44. The molecule has 3 aromatic rings. The van der Waals surface area contributed by atoms with Crippen LogP contribution in [-0.2, 0) is 4.74 Å². The van der Waals surface area contributed by atoms with E-state index >= 15 is 0 Å². The van der Waals surface area contributed by atoms with E-state index in [-0.39, 0.29) is 5.15 Å². The zero-order valence-corrected chi connectivity index (χ0v) is 13.8. The fourth-order valence-electron chi connectivity index (χ4n) is 3.15. The minimum Gasteiger partial charge on any atom is -0.443 e. The number of aliphatic hydroxyl groups is 3. The first-order valence-electron chi connectivity index (χ1n) is 7.51. The van der Waals surface area contributed by atoms with Gasteiger partial charge in [0.2, 0.25) is 0 Å². The van der Waals surface area contributed by atoms with Crippen LogP contribution in [0.25, 0.3) is 22.4 Å². The molecule has 4 heterocycles. The molecule has 3 N–H and O–H groups in total. The van der Waals surface area contributed by atoms with E-state index < -0.39 is 30.6 Å². The number of rotatable bonds is 3. The summed E-state index contributed by atoms with van der Waals surface area (Å²) < 4.78 is 12.6. The molecule has 1 aliphatic rings. The molecule has 1 aliphatic heterocycles. The molecule has 0 bridgehead atoms. The molecular weight excluding hydrogens is 352 g/mol. The highest BCUT2D eigenvalue weighted by molar-refractivity contribution is 6.35. The van der Waals surface area contributed by atoms with Gasteiger partial charge in [-0.1, -0.05) is 11.6 Å². The summed E-state index contributed by atoms with van der Waals surface area (Å²) in [6.07, 6.45) is 2.52. The van der Waals surface area contributed by atoms with Gasteiger partial charge in [-0.15, -0.1) is 0 Å². The van der Waals surface area contributed by atoms with E-state index in [4.69, 9.17) is 20.8 Å². The van der Waals surface area contributed by atoms with Crippen LogP contribution in [0, 0.1) is 0 Å². The largest absolute Gasteiger partial charge is 0.443 e. The topological polar surface area (TPSA) is 127 Å². The van der Waals surface area contributed by atoms with E-state index in [0.717, 1.165) is 0 Å². The van der Waals surface area contributed by atoms with Crippen molar-refractivity contribution < 1.29 is 24.5 Å². The SMILES string of the molecule is CC1(O)C(O)C(CO)OC1n1cc(-c2cnco2)c2c(Cl)ncnc21. The van der Waals surface area contributed by atoms with Gasteiger partial charge in [-0.3, -0.25) is 0 Å². The van der Waals surface area contributed by atoms with E-state index in [2.05, 4.69) is 15.0 Å². The third kappa shape index (κ3) is 2.35. The average molecular weight is 367 g/mol. The van der Waals surface area contributed by atoms with Crippen molar-refractivity contribution in [2.75, 3.05) is 6.61 Å². The maximum absolute atomic E-state index is 10.7. The summed E-state index contributed by atoms with van der Waals surface area (Å²) in [4.78, 5) is 12.1. The highest BCUT2D eigenvalue weighted by Crippen LogP contribution is 2.42. The Balaban J connectivity index is 1.93. The molecule has 1 fully saturated rings. The summed E-state index contributed by atoms with van der Waals surface area (Å²) in [7, 11) is 0. The molecule has 0 radical (unpaired) electrons. The van der Waals surface area contributed by atoms with Gasteiger partial charge >= 0.3 is 0 Å². The van der Waals surface area contributed by atoms with Crippen LogP contribution in [0.5, 0.6) is 0 Å². The third-order valence-corrected chi connectivity index (χ3v) is 4.73. The maximum atomic E-state index is 10.7. The first kappa shape index (κ1) is 16.4. The summed E-state index contributed by atoms with van der Waals surface area (Å²) >= 11 is 6.24. The molecule has 0 spiro atoms. The number of nitrogens with zero attached hydrogens (tertiary/aromatic N) is 4. The quantitative estimate of drug-likeness (QED) is 0.579. The van der Waals surface area contributed by atoms with E-state index in [0.29, 0.717) is 22.4 Å². The Labute approximate surface area is 146 Å². The third-order valence-electron chi connectivity index (χ3n) is 4.45. The normalized spacial score (nSPS) is 29.6. The number of oxazole rings is 1. The molecule has 1 saturated heterocycles. The Kier molecular flexibility index (Phi) is 3.78.